The third-order valence-electron chi connectivity index (χ3n) is 4.52. The molecule has 0 unspecified atom stereocenters. The Labute approximate surface area is 137 Å². The van der Waals surface area contributed by atoms with Gasteiger partial charge < -0.3 is 5.73 Å². The van der Waals surface area contributed by atoms with Crippen LogP contribution >= 0.6 is 11.6 Å². The molecule has 0 spiro atoms. The summed E-state index contributed by atoms with van der Waals surface area (Å²) in [5.41, 5.74) is 11.5. The number of halogens is 1. The summed E-state index contributed by atoms with van der Waals surface area (Å²) in [5, 5.41) is 0.812. The van der Waals surface area contributed by atoms with Gasteiger partial charge in [0.2, 0.25) is 0 Å². The molecule has 0 amide bonds. The molecule has 2 aromatic carbocycles. The first kappa shape index (κ1) is 15.5. The van der Waals surface area contributed by atoms with Crippen LogP contribution in [-0.2, 0) is 25.9 Å². The van der Waals surface area contributed by atoms with Crippen LogP contribution in [0.2, 0.25) is 5.02 Å². The van der Waals surface area contributed by atoms with E-state index in [-0.39, 0.29) is 0 Å². The van der Waals surface area contributed by atoms with Crippen LogP contribution in [0.15, 0.2) is 42.5 Å². The number of nitrogens with zero attached hydrogens (tertiary/aromatic N) is 1. The van der Waals surface area contributed by atoms with Gasteiger partial charge in [-0.25, -0.2) is 0 Å². The van der Waals surface area contributed by atoms with Crippen molar-refractivity contribution in [2.75, 3.05) is 13.1 Å². The summed E-state index contributed by atoms with van der Waals surface area (Å²) in [7, 11) is 0. The second kappa shape index (κ2) is 7.28. The lowest BCUT2D eigenvalue weighted by Gasteiger charge is -2.30. The van der Waals surface area contributed by atoms with Crippen molar-refractivity contribution in [2.24, 2.45) is 5.73 Å². The molecule has 0 fully saturated rings. The number of benzene rings is 2. The molecule has 22 heavy (non-hydrogen) atoms. The van der Waals surface area contributed by atoms with Crippen molar-refractivity contribution in [1.82, 2.24) is 4.90 Å². The average molecular weight is 315 g/mol. The summed E-state index contributed by atoms with van der Waals surface area (Å²) in [4.78, 5) is 2.55. The predicted octanol–water partition coefficient (Wildman–Crippen LogP) is 3.79. The lowest BCUT2D eigenvalue weighted by Crippen LogP contribution is -2.32. The molecule has 2 aromatic rings. The Morgan fingerprint density at radius 3 is 2.68 bits per heavy atom. The molecule has 3 rings (SSSR count). The largest absolute Gasteiger partial charge is 0.326 e. The smallest absolute Gasteiger partial charge is 0.0406 e. The average Bonchev–Trinajstić information content (AvgIpc) is 2.56. The minimum Gasteiger partial charge on any atom is -0.326 e. The number of nitrogens with two attached hydrogens (primary N) is 1. The molecule has 116 valence electrons. The van der Waals surface area contributed by atoms with Crippen LogP contribution in [0.25, 0.3) is 0 Å². The molecule has 0 aliphatic carbocycles. The predicted molar refractivity (Wildman–Crippen MR) is 93.1 cm³/mol. The minimum absolute atomic E-state index is 0.653. The summed E-state index contributed by atoms with van der Waals surface area (Å²) in [6.45, 7) is 4.00. The summed E-state index contributed by atoms with van der Waals surface area (Å²) in [5.74, 6) is 0. The Morgan fingerprint density at radius 1 is 1.09 bits per heavy atom. The molecule has 1 heterocycles. The highest BCUT2D eigenvalue weighted by Gasteiger charge is 2.17. The van der Waals surface area contributed by atoms with Gasteiger partial charge >= 0.3 is 0 Å². The molecule has 0 atom stereocenters. The molecule has 0 saturated heterocycles. The van der Waals surface area contributed by atoms with E-state index >= 15 is 0 Å². The van der Waals surface area contributed by atoms with Crippen LogP contribution in [0.3, 0.4) is 0 Å². The third-order valence-corrected chi connectivity index (χ3v) is 4.77. The topological polar surface area (TPSA) is 29.3 Å². The molecular weight excluding hydrogens is 292 g/mol. The van der Waals surface area contributed by atoms with Crippen molar-refractivity contribution < 1.29 is 0 Å². The summed E-state index contributed by atoms with van der Waals surface area (Å²) in [6.07, 6.45) is 3.43. The normalized spacial score (nSPS) is 14.8. The van der Waals surface area contributed by atoms with Crippen molar-refractivity contribution in [3.63, 3.8) is 0 Å². The fourth-order valence-electron chi connectivity index (χ4n) is 3.29. The first-order valence-corrected chi connectivity index (χ1v) is 8.40. The maximum atomic E-state index is 5.92. The van der Waals surface area contributed by atoms with Crippen LogP contribution in [0.1, 0.15) is 28.7 Å². The fraction of sp³-hybridized carbons (Fsp3) is 0.368. The van der Waals surface area contributed by atoms with E-state index in [0.717, 1.165) is 37.5 Å². The van der Waals surface area contributed by atoms with Gasteiger partial charge in [-0.3, -0.25) is 4.90 Å². The number of hydrogen-bond donors (Lipinski definition) is 1. The van der Waals surface area contributed by atoms with E-state index in [1.165, 1.54) is 28.7 Å². The van der Waals surface area contributed by atoms with Gasteiger partial charge in [0.25, 0.3) is 0 Å². The highest BCUT2D eigenvalue weighted by molar-refractivity contribution is 6.30. The fourth-order valence-corrected chi connectivity index (χ4v) is 3.41. The van der Waals surface area contributed by atoms with Gasteiger partial charge in [-0.2, -0.15) is 0 Å². The monoisotopic (exact) mass is 314 g/mol. The first-order chi connectivity index (χ1) is 10.8. The van der Waals surface area contributed by atoms with Crippen molar-refractivity contribution in [3.8, 4) is 0 Å². The van der Waals surface area contributed by atoms with Gasteiger partial charge in [-0.05, 0) is 60.2 Å². The van der Waals surface area contributed by atoms with Crippen molar-refractivity contribution in [3.05, 3.63) is 69.7 Å². The second-order valence-corrected chi connectivity index (χ2v) is 6.45. The molecule has 2 N–H and O–H groups in total. The van der Waals surface area contributed by atoms with Gasteiger partial charge in [0.1, 0.15) is 0 Å². The maximum Gasteiger partial charge on any atom is 0.0406 e. The quantitative estimate of drug-likeness (QED) is 0.910. The second-order valence-electron chi connectivity index (χ2n) is 6.02. The van der Waals surface area contributed by atoms with Crippen molar-refractivity contribution >= 4 is 11.6 Å². The van der Waals surface area contributed by atoms with E-state index in [9.17, 15) is 0 Å². The van der Waals surface area contributed by atoms with Gasteiger partial charge in [0.15, 0.2) is 0 Å². The van der Waals surface area contributed by atoms with Crippen molar-refractivity contribution in [1.29, 1.82) is 0 Å². The zero-order valence-corrected chi connectivity index (χ0v) is 13.6. The maximum absolute atomic E-state index is 5.92. The zero-order chi connectivity index (χ0) is 15.4. The zero-order valence-electron chi connectivity index (χ0n) is 12.9. The molecule has 0 bridgehead atoms. The molecule has 3 heteroatoms. The van der Waals surface area contributed by atoms with Crippen LogP contribution in [0, 0.1) is 0 Å². The Bertz CT molecular complexity index is 622. The number of aryl methyl sites for hydroxylation is 1. The molecule has 1 aliphatic heterocycles. The Hall–Kier alpha value is -1.35. The molecule has 0 radical (unpaired) electrons. The van der Waals surface area contributed by atoms with E-state index in [4.69, 9.17) is 17.3 Å². The molecule has 0 aromatic heterocycles. The van der Waals surface area contributed by atoms with E-state index in [1.807, 2.05) is 12.1 Å². The Balaban J connectivity index is 1.53. The van der Waals surface area contributed by atoms with E-state index < -0.39 is 0 Å². The number of rotatable bonds is 5. The van der Waals surface area contributed by atoms with Gasteiger partial charge in [-0.15, -0.1) is 0 Å². The SMILES string of the molecule is NCc1cccc2c1CCN(CCCc1ccc(Cl)cc1)C2. The lowest BCUT2D eigenvalue weighted by atomic mass is 9.94. The van der Waals surface area contributed by atoms with Crippen molar-refractivity contribution in [2.45, 2.75) is 32.4 Å². The number of fused-ring (bicyclic) bond motifs is 1. The highest BCUT2D eigenvalue weighted by atomic mass is 35.5. The first-order valence-electron chi connectivity index (χ1n) is 8.03. The van der Waals surface area contributed by atoms with E-state index in [2.05, 4.69) is 35.2 Å². The van der Waals surface area contributed by atoms with E-state index in [1.54, 1.807) is 0 Å². The van der Waals surface area contributed by atoms with Crippen LogP contribution in [-0.4, -0.2) is 18.0 Å². The molecule has 1 aliphatic rings. The Morgan fingerprint density at radius 2 is 1.91 bits per heavy atom. The molecule has 2 nitrogen and oxygen atoms in total. The Kier molecular flexibility index (Phi) is 5.14. The van der Waals surface area contributed by atoms with Gasteiger partial charge in [0.05, 0.1) is 0 Å². The lowest BCUT2D eigenvalue weighted by molar-refractivity contribution is 0.251. The van der Waals surface area contributed by atoms with Gasteiger partial charge in [-0.1, -0.05) is 41.9 Å². The summed E-state index contributed by atoms with van der Waals surface area (Å²) >= 11 is 5.92. The summed E-state index contributed by atoms with van der Waals surface area (Å²) in [6, 6.07) is 14.8. The van der Waals surface area contributed by atoms with E-state index in [0.29, 0.717) is 6.54 Å². The van der Waals surface area contributed by atoms with Gasteiger partial charge in [0, 0.05) is 24.7 Å². The van der Waals surface area contributed by atoms with Crippen LogP contribution in [0.4, 0.5) is 0 Å². The number of hydrogen-bond acceptors (Lipinski definition) is 2. The summed E-state index contributed by atoms with van der Waals surface area (Å²) < 4.78 is 0. The third kappa shape index (κ3) is 3.70. The highest BCUT2D eigenvalue weighted by Crippen LogP contribution is 2.22. The van der Waals surface area contributed by atoms with Crippen LogP contribution in [0.5, 0.6) is 0 Å². The molecular formula is C19H23ClN2. The standard InChI is InChI=1S/C19H23ClN2/c20-18-8-6-15(7-9-18)3-2-11-22-12-10-19-16(13-21)4-1-5-17(19)14-22/h1,4-9H,2-3,10-14,21H2. The minimum atomic E-state index is 0.653. The van der Waals surface area contributed by atoms with Crippen LogP contribution < -0.4 is 5.73 Å². The molecule has 0 saturated carbocycles.